The molecule has 2 aromatic carbocycles. The Kier molecular flexibility index (Phi) is 9.02. The van der Waals surface area contributed by atoms with E-state index in [-0.39, 0.29) is 17.7 Å². The number of amides is 1. The summed E-state index contributed by atoms with van der Waals surface area (Å²) in [5, 5.41) is 16.7. The number of ether oxygens (including phenoxy) is 1. The van der Waals surface area contributed by atoms with Crippen LogP contribution in [0, 0.1) is 39.5 Å². The molecular formula is C37H40Cl2N4O4. The summed E-state index contributed by atoms with van der Waals surface area (Å²) in [5.74, 6) is -0.509. The van der Waals surface area contributed by atoms with Gasteiger partial charge in [0, 0.05) is 65.4 Å². The van der Waals surface area contributed by atoms with Crippen LogP contribution in [-0.2, 0) is 24.8 Å². The number of aryl methyl sites for hydroxylation is 5. The van der Waals surface area contributed by atoms with Crippen LogP contribution < -0.4 is 4.74 Å². The number of halogens is 2. The van der Waals surface area contributed by atoms with Crippen molar-refractivity contribution in [3.63, 3.8) is 0 Å². The molecular weight excluding hydrogens is 635 g/mol. The van der Waals surface area contributed by atoms with Gasteiger partial charge in [-0.15, -0.1) is 0 Å². The Balaban J connectivity index is 1.38. The third kappa shape index (κ3) is 5.87. The maximum atomic E-state index is 14.5. The van der Waals surface area contributed by atoms with E-state index in [1.165, 1.54) is 0 Å². The summed E-state index contributed by atoms with van der Waals surface area (Å²) in [6.07, 6.45) is 6.78. The Bertz CT molecular complexity index is 1960. The van der Waals surface area contributed by atoms with Gasteiger partial charge < -0.3 is 19.3 Å². The lowest BCUT2D eigenvalue weighted by molar-refractivity contribution is -0.133. The topological polar surface area (TPSA) is 89.6 Å². The first kappa shape index (κ1) is 32.9. The van der Waals surface area contributed by atoms with Crippen LogP contribution in [0.25, 0.3) is 22.0 Å². The molecule has 0 saturated heterocycles. The zero-order valence-corrected chi connectivity index (χ0v) is 29.2. The van der Waals surface area contributed by atoms with Gasteiger partial charge in [-0.05, 0) is 81.3 Å². The van der Waals surface area contributed by atoms with Crippen LogP contribution in [0.15, 0.2) is 48.1 Å². The van der Waals surface area contributed by atoms with Crippen molar-refractivity contribution in [3.05, 3.63) is 91.9 Å². The smallest absolute Gasteiger partial charge is 0.331 e. The molecule has 2 unspecified atom stereocenters. The molecule has 246 valence electrons. The van der Waals surface area contributed by atoms with Crippen LogP contribution >= 0.6 is 23.2 Å². The molecule has 2 aliphatic rings. The molecule has 0 fully saturated rings. The number of rotatable bonds is 9. The van der Waals surface area contributed by atoms with Gasteiger partial charge in [0.15, 0.2) is 0 Å². The van der Waals surface area contributed by atoms with E-state index in [1.807, 2.05) is 81.6 Å². The van der Waals surface area contributed by atoms with Crippen molar-refractivity contribution < 1.29 is 19.4 Å². The van der Waals surface area contributed by atoms with Crippen molar-refractivity contribution in [3.8, 4) is 16.9 Å². The first-order valence-corrected chi connectivity index (χ1v) is 16.8. The van der Waals surface area contributed by atoms with Gasteiger partial charge in [0.25, 0.3) is 5.91 Å². The molecule has 2 aromatic heterocycles. The van der Waals surface area contributed by atoms with Gasteiger partial charge in [-0.3, -0.25) is 9.48 Å². The number of benzene rings is 2. The highest BCUT2D eigenvalue weighted by Crippen LogP contribution is 2.43. The number of carboxylic acid groups (broad SMARTS) is 1. The fourth-order valence-corrected chi connectivity index (χ4v) is 7.61. The van der Waals surface area contributed by atoms with E-state index in [4.69, 9.17) is 27.9 Å². The molecule has 1 aliphatic heterocycles. The van der Waals surface area contributed by atoms with Crippen molar-refractivity contribution >= 4 is 46.0 Å². The Labute approximate surface area is 285 Å². The Morgan fingerprint density at radius 1 is 1.09 bits per heavy atom. The lowest BCUT2D eigenvalue weighted by Crippen LogP contribution is -2.44. The number of fused-ring (bicyclic) bond motifs is 3. The van der Waals surface area contributed by atoms with Crippen LogP contribution in [0.1, 0.15) is 51.9 Å². The predicted molar refractivity (Wildman–Crippen MR) is 187 cm³/mol. The zero-order chi connectivity index (χ0) is 33.7. The van der Waals surface area contributed by atoms with Gasteiger partial charge in [0.2, 0.25) is 0 Å². The van der Waals surface area contributed by atoms with E-state index in [0.29, 0.717) is 55.4 Å². The number of hydrogen-bond donors (Lipinski definition) is 1. The molecule has 1 N–H and O–H groups in total. The van der Waals surface area contributed by atoms with Crippen molar-refractivity contribution in [1.82, 2.24) is 19.2 Å². The number of aromatic nitrogens is 3. The third-order valence-corrected chi connectivity index (χ3v) is 10.7. The number of allylic oxidation sites excluding steroid dienone is 2. The molecule has 2 atom stereocenters. The highest BCUT2D eigenvalue weighted by atomic mass is 35.5. The zero-order valence-electron chi connectivity index (χ0n) is 27.7. The summed E-state index contributed by atoms with van der Waals surface area (Å²) in [7, 11) is 1.93. The fourth-order valence-electron chi connectivity index (χ4n) is 7.25. The normalized spacial score (nSPS) is 17.7. The summed E-state index contributed by atoms with van der Waals surface area (Å²) in [4.78, 5) is 28.2. The van der Waals surface area contributed by atoms with Crippen LogP contribution in [0.3, 0.4) is 0 Å². The second-order valence-electron chi connectivity index (χ2n) is 12.8. The number of carbonyl (C=O) groups excluding carboxylic acids is 1. The maximum Gasteiger partial charge on any atom is 0.331 e. The quantitative estimate of drug-likeness (QED) is 0.182. The molecule has 6 rings (SSSR count). The summed E-state index contributed by atoms with van der Waals surface area (Å²) in [5.41, 5.74) is 8.64. The summed E-state index contributed by atoms with van der Waals surface area (Å²) >= 11 is 13.4. The maximum absolute atomic E-state index is 14.5. The molecule has 0 spiro atoms. The van der Waals surface area contributed by atoms with Crippen LogP contribution in [0.4, 0.5) is 0 Å². The number of carboxylic acids is 1. The lowest BCUT2D eigenvalue weighted by atomic mass is 9.83. The van der Waals surface area contributed by atoms with Gasteiger partial charge in [-0.25, -0.2) is 4.79 Å². The number of nitrogens with zero attached hydrogens (tertiary/aromatic N) is 4. The van der Waals surface area contributed by atoms with Crippen molar-refractivity contribution in [2.45, 2.75) is 54.0 Å². The number of carbonyl (C=O) groups is 2. The minimum absolute atomic E-state index is 0.0546. The van der Waals surface area contributed by atoms with Crippen LogP contribution in [-0.4, -0.2) is 55.9 Å². The molecule has 47 heavy (non-hydrogen) atoms. The highest BCUT2D eigenvalue weighted by molar-refractivity contribution is 6.35. The van der Waals surface area contributed by atoms with E-state index in [0.717, 1.165) is 60.9 Å². The van der Waals surface area contributed by atoms with Gasteiger partial charge in [0.1, 0.15) is 11.4 Å². The van der Waals surface area contributed by atoms with Crippen molar-refractivity contribution in [2.24, 2.45) is 18.9 Å². The minimum Gasteiger partial charge on any atom is -0.494 e. The molecule has 1 aliphatic carbocycles. The second kappa shape index (κ2) is 12.9. The SMILES string of the molecule is Cc1cc(OCCCc2c3n(c4c(-c5c(C)nn(C)c5C)c(Cl)ccc24)CCN(CC2C=CC=C(C(=O)O)C2C)C3=O)cc(C)c1Cl. The van der Waals surface area contributed by atoms with E-state index in [1.54, 1.807) is 12.2 Å². The average molecular weight is 676 g/mol. The van der Waals surface area contributed by atoms with Gasteiger partial charge in [0.05, 0.1) is 22.8 Å². The lowest BCUT2D eigenvalue weighted by Gasteiger charge is -2.34. The molecule has 0 radical (unpaired) electrons. The van der Waals surface area contributed by atoms with Gasteiger partial charge >= 0.3 is 5.97 Å². The van der Waals surface area contributed by atoms with Crippen molar-refractivity contribution in [1.29, 1.82) is 0 Å². The molecule has 4 aromatic rings. The van der Waals surface area contributed by atoms with Crippen LogP contribution in [0.2, 0.25) is 10.0 Å². The summed E-state index contributed by atoms with van der Waals surface area (Å²) < 4.78 is 10.2. The molecule has 3 heterocycles. The average Bonchev–Trinajstić information content (AvgIpc) is 3.48. The first-order valence-electron chi connectivity index (χ1n) is 16.0. The molecule has 8 nitrogen and oxygen atoms in total. The predicted octanol–water partition coefficient (Wildman–Crippen LogP) is 7.88. The van der Waals surface area contributed by atoms with Crippen LogP contribution in [0.5, 0.6) is 5.75 Å². The second-order valence-corrected chi connectivity index (χ2v) is 13.6. The monoisotopic (exact) mass is 674 g/mol. The Morgan fingerprint density at radius 2 is 1.81 bits per heavy atom. The molecule has 0 saturated carbocycles. The molecule has 1 amide bonds. The standard InChI is InChI=1S/C37H40Cl2N4O4/c1-20-17-26(18-21(2)33(20)39)47-16-8-11-28-29-12-13-30(38)32(31-23(4)40-41(6)24(31)5)34(29)43-15-14-42(36(44)35(28)43)19-25-9-7-10-27(22(25)3)37(45)46/h7,9-10,12-13,17-18,22,25H,8,11,14-16,19H2,1-6H3,(H,45,46). The van der Waals surface area contributed by atoms with Crippen molar-refractivity contribution in [2.75, 3.05) is 19.7 Å². The van der Waals surface area contributed by atoms with E-state index in [2.05, 4.69) is 9.67 Å². The molecule has 10 heteroatoms. The van der Waals surface area contributed by atoms with Gasteiger partial charge in [-0.1, -0.05) is 54.4 Å². The Morgan fingerprint density at radius 3 is 2.47 bits per heavy atom. The summed E-state index contributed by atoms with van der Waals surface area (Å²) in [6.45, 7) is 11.9. The van der Waals surface area contributed by atoms with E-state index < -0.39 is 5.97 Å². The fraction of sp³-hybridized carbons (Fsp3) is 0.378. The number of aliphatic carboxylic acids is 1. The van der Waals surface area contributed by atoms with Gasteiger partial charge in [-0.2, -0.15) is 5.10 Å². The highest BCUT2D eigenvalue weighted by Gasteiger charge is 2.35. The molecule has 0 bridgehead atoms. The van der Waals surface area contributed by atoms with E-state index in [9.17, 15) is 14.7 Å². The summed E-state index contributed by atoms with van der Waals surface area (Å²) in [6, 6.07) is 7.85. The third-order valence-electron chi connectivity index (χ3n) is 9.82. The first-order chi connectivity index (χ1) is 22.4. The number of hydrogen-bond acceptors (Lipinski definition) is 4. The largest absolute Gasteiger partial charge is 0.494 e. The Hall–Kier alpha value is -4.01. The van der Waals surface area contributed by atoms with E-state index >= 15 is 0 Å². The minimum atomic E-state index is -0.921.